The van der Waals surface area contributed by atoms with E-state index in [1.165, 1.54) is 10.5 Å². The maximum Gasteiger partial charge on any atom is 0.410 e. The number of ether oxygens (including phenoxy) is 1. The van der Waals surface area contributed by atoms with Crippen molar-refractivity contribution in [1.82, 2.24) is 14.8 Å². The molecule has 0 bridgehead atoms. The highest BCUT2D eigenvalue weighted by Crippen LogP contribution is 2.50. The number of aromatic nitrogens is 1. The van der Waals surface area contributed by atoms with Gasteiger partial charge in [-0.1, -0.05) is 45.0 Å². The molecule has 0 radical (unpaired) electrons. The van der Waals surface area contributed by atoms with Crippen LogP contribution in [0.25, 0.3) is 0 Å². The Balaban J connectivity index is 1.51. The Bertz CT molecular complexity index is 1110. The van der Waals surface area contributed by atoms with Gasteiger partial charge in [0.05, 0.1) is 13.1 Å². The second kappa shape index (κ2) is 9.68. The van der Waals surface area contributed by atoms with Crippen molar-refractivity contribution < 1.29 is 19.7 Å². The summed E-state index contributed by atoms with van der Waals surface area (Å²) >= 11 is 0. The molecule has 0 saturated carbocycles. The van der Waals surface area contributed by atoms with Crippen molar-refractivity contribution in [3.05, 3.63) is 65.0 Å². The summed E-state index contributed by atoms with van der Waals surface area (Å²) < 4.78 is 5.40. The summed E-state index contributed by atoms with van der Waals surface area (Å²) in [4.78, 5) is 20.5. The molecular weight excluding hydrogens is 466 g/mol. The highest BCUT2D eigenvalue weighted by Gasteiger charge is 2.55. The molecule has 3 heterocycles. The minimum Gasteiger partial charge on any atom is -0.444 e. The van der Waals surface area contributed by atoms with Crippen LogP contribution in [0.1, 0.15) is 76.1 Å². The van der Waals surface area contributed by atoms with E-state index in [1.54, 1.807) is 12.4 Å². The zero-order chi connectivity index (χ0) is 27.2. The van der Waals surface area contributed by atoms with Gasteiger partial charge in [0, 0.05) is 36.5 Å². The van der Waals surface area contributed by atoms with Gasteiger partial charge in [0.2, 0.25) is 0 Å². The number of aliphatic hydroxyl groups is 2. The van der Waals surface area contributed by atoms with Crippen LogP contribution in [-0.4, -0.2) is 75.5 Å². The Morgan fingerprint density at radius 3 is 2.24 bits per heavy atom. The minimum atomic E-state index is -1.20. The van der Waals surface area contributed by atoms with Crippen LogP contribution < -0.4 is 0 Å². The van der Waals surface area contributed by atoms with E-state index in [4.69, 9.17) is 4.74 Å². The zero-order valence-corrected chi connectivity index (χ0v) is 23.4. The molecule has 2 aliphatic heterocycles. The van der Waals surface area contributed by atoms with Gasteiger partial charge in [-0.25, -0.2) is 4.79 Å². The third kappa shape index (κ3) is 5.54. The molecule has 37 heavy (non-hydrogen) atoms. The molecule has 202 valence electrons. The lowest BCUT2D eigenvalue weighted by molar-refractivity contribution is -0.127. The first-order valence-electron chi connectivity index (χ1n) is 13.3. The molecular formula is C30H43N3O4. The number of carbonyl (C=O) groups is 1. The van der Waals surface area contributed by atoms with Crippen LogP contribution >= 0.6 is 0 Å². The summed E-state index contributed by atoms with van der Waals surface area (Å²) in [6.45, 7) is 14.0. The largest absolute Gasteiger partial charge is 0.444 e. The van der Waals surface area contributed by atoms with Crippen molar-refractivity contribution in [1.29, 1.82) is 0 Å². The van der Waals surface area contributed by atoms with E-state index in [9.17, 15) is 15.0 Å². The van der Waals surface area contributed by atoms with Gasteiger partial charge >= 0.3 is 6.09 Å². The van der Waals surface area contributed by atoms with Gasteiger partial charge in [0.1, 0.15) is 16.8 Å². The molecule has 0 spiro atoms. The molecule has 2 aliphatic rings. The van der Waals surface area contributed by atoms with Crippen molar-refractivity contribution in [3.63, 3.8) is 0 Å². The van der Waals surface area contributed by atoms with Gasteiger partial charge in [0.15, 0.2) is 0 Å². The lowest BCUT2D eigenvalue weighted by Crippen LogP contribution is -2.64. The van der Waals surface area contributed by atoms with Gasteiger partial charge in [-0.15, -0.1) is 0 Å². The molecule has 1 aromatic heterocycles. The summed E-state index contributed by atoms with van der Waals surface area (Å²) in [5.41, 5.74) is 0.775. The van der Waals surface area contributed by atoms with E-state index in [0.717, 1.165) is 29.8 Å². The van der Waals surface area contributed by atoms with Crippen molar-refractivity contribution in [2.45, 2.75) is 77.1 Å². The number of likely N-dealkylation sites (tertiary alicyclic amines) is 2. The van der Waals surface area contributed by atoms with Crippen molar-refractivity contribution in [3.8, 4) is 0 Å². The van der Waals surface area contributed by atoms with Crippen LogP contribution in [0.4, 0.5) is 4.79 Å². The number of rotatable bonds is 7. The molecule has 4 rings (SSSR count). The minimum absolute atomic E-state index is 0.256. The fraction of sp³-hybridized carbons (Fsp3) is 0.600. The van der Waals surface area contributed by atoms with Crippen LogP contribution in [0.15, 0.2) is 42.7 Å². The van der Waals surface area contributed by atoms with Crippen molar-refractivity contribution in [2.75, 3.05) is 33.2 Å². The number of aryl methyl sites for hydroxylation is 1. The summed E-state index contributed by atoms with van der Waals surface area (Å²) in [5, 5.41) is 23.4. The molecule has 2 N–H and O–H groups in total. The normalized spacial score (nSPS) is 20.6. The van der Waals surface area contributed by atoms with Crippen LogP contribution in [0.2, 0.25) is 0 Å². The first kappa shape index (κ1) is 27.6. The number of nitrogens with zero attached hydrogens (tertiary/aromatic N) is 3. The van der Waals surface area contributed by atoms with E-state index < -0.39 is 22.9 Å². The summed E-state index contributed by atoms with van der Waals surface area (Å²) in [5.74, 6) is 0.418. The first-order chi connectivity index (χ1) is 17.1. The zero-order valence-electron chi connectivity index (χ0n) is 23.4. The highest BCUT2D eigenvalue weighted by molar-refractivity contribution is 5.69. The molecule has 7 heteroatoms. The lowest BCUT2D eigenvalue weighted by atomic mass is 9.62. The van der Waals surface area contributed by atoms with Crippen molar-refractivity contribution in [2.24, 2.45) is 5.41 Å². The second-order valence-electron chi connectivity index (χ2n) is 12.9. The Morgan fingerprint density at radius 2 is 1.70 bits per heavy atom. The third-order valence-corrected chi connectivity index (χ3v) is 7.82. The molecule has 1 aromatic carbocycles. The second-order valence-corrected chi connectivity index (χ2v) is 12.9. The van der Waals surface area contributed by atoms with Gasteiger partial charge in [0.25, 0.3) is 0 Å². The maximum absolute atomic E-state index is 12.4. The van der Waals surface area contributed by atoms with Crippen molar-refractivity contribution >= 4 is 6.09 Å². The monoisotopic (exact) mass is 509 g/mol. The smallest absolute Gasteiger partial charge is 0.410 e. The standard InChI is InChI=1S/C30H43N3O4/c1-21(2)23-8-10-24(11-9-23)30(36,28(6)17-32(7)18-28)25-14-22(15-31-16-25)12-13-29(35)19-33(20-29)26(34)37-27(3,4)5/h8-11,14-16,21,35-36H,12-13,17-20H2,1-7H3/t30-/m0/s1. The molecule has 1 atom stereocenters. The number of hydrogen-bond acceptors (Lipinski definition) is 6. The van der Waals surface area contributed by atoms with Crippen LogP contribution in [0.3, 0.4) is 0 Å². The van der Waals surface area contributed by atoms with Gasteiger partial charge in [-0.2, -0.15) is 0 Å². The van der Waals surface area contributed by atoms with Gasteiger partial charge < -0.3 is 24.7 Å². The topological polar surface area (TPSA) is 86.1 Å². The lowest BCUT2D eigenvalue weighted by Gasteiger charge is -2.56. The summed E-state index contributed by atoms with van der Waals surface area (Å²) in [6, 6.07) is 10.3. The predicted octanol–water partition coefficient (Wildman–Crippen LogP) is 4.31. The summed E-state index contributed by atoms with van der Waals surface area (Å²) in [7, 11) is 2.07. The quantitative estimate of drug-likeness (QED) is 0.579. The van der Waals surface area contributed by atoms with E-state index in [1.807, 2.05) is 39.0 Å². The Morgan fingerprint density at radius 1 is 1.08 bits per heavy atom. The molecule has 2 fully saturated rings. The Labute approximate surface area is 221 Å². The van der Waals surface area contributed by atoms with Gasteiger partial charge in [-0.3, -0.25) is 4.98 Å². The van der Waals surface area contributed by atoms with Gasteiger partial charge in [-0.05, 0) is 69.3 Å². The number of pyridine rings is 1. The van der Waals surface area contributed by atoms with E-state index in [-0.39, 0.29) is 18.5 Å². The fourth-order valence-corrected chi connectivity index (χ4v) is 5.82. The number of amides is 1. The molecule has 2 saturated heterocycles. The van der Waals surface area contributed by atoms with E-state index in [0.29, 0.717) is 18.8 Å². The van der Waals surface area contributed by atoms with Crippen LogP contribution in [0, 0.1) is 5.41 Å². The third-order valence-electron chi connectivity index (χ3n) is 7.82. The highest BCUT2D eigenvalue weighted by atomic mass is 16.6. The van der Waals surface area contributed by atoms with E-state index >= 15 is 0 Å². The first-order valence-corrected chi connectivity index (χ1v) is 13.3. The Kier molecular flexibility index (Phi) is 7.21. The Hall–Kier alpha value is -2.48. The maximum atomic E-state index is 12.4. The average molecular weight is 510 g/mol. The van der Waals surface area contributed by atoms with E-state index in [2.05, 4.69) is 49.8 Å². The fourth-order valence-electron chi connectivity index (χ4n) is 5.82. The molecule has 2 aromatic rings. The average Bonchev–Trinajstić information content (AvgIpc) is 2.78. The molecule has 0 aliphatic carbocycles. The molecule has 7 nitrogen and oxygen atoms in total. The summed E-state index contributed by atoms with van der Waals surface area (Å²) in [6.07, 6.45) is 4.27. The predicted molar refractivity (Wildman–Crippen MR) is 144 cm³/mol. The van der Waals surface area contributed by atoms with Crippen LogP contribution in [-0.2, 0) is 16.8 Å². The molecule has 0 unspecified atom stereocenters. The SMILES string of the molecule is CC(C)c1ccc([C@](O)(c2cncc(CCC3(O)CN(C(=O)OC(C)(C)C)C3)c2)C2(C)CN(C)C2)cc1. The number of carbonyl (C=O) groups excluding carboxylic acids is 1. The number of β-amino-alcohol motifs (C(OH)–C–C–N with tert-alkyl or cyclic N) is 1. The number of benzene rings is 1. The van der Waals surface area contributed by atoms with Crippen LogP contribution in [0.5, 0.6) is 0 Å². The number of hydrogen-bond donors (Lipinski definition) is 2. The molecule has 1 amide bonds.